The summed E-state index contributed by atoms with van der Waals surface area (Å²) in [4.78, 5) is 0. The van der Waals surface area contributed by atoms with Crippen molar-refractivity contribution in [1.82, 2.24) is 0 Å². The van der Waals surface area contributed by atoms with E-state index in [9.17, 15) is 0 Å². The fourth-order valence-electron chi connectivity index (χ4n) is 6.42. The summed E-state index contributed by atoms with van der Waals surface area (Å²) in [6.07, 6.45) is 2.14. The lowest BCUT2D eigenvalue weighted by Gasteiger charge is -2.29. The van der Waals surface area contributed by atoms with Gasteiger partial charge in [0.1, 0.15) is 0 Å². The summed E-state index contributed by atoms with van der Waals surface area (Å²) in [6, 6.07) is 22.1. The minimum absolute atomic E-state index is 0.0966. The van der Waals surface area contributed by atoms with E-state index in [1.165, 1.54) is 55.7 Å². The topological polar surface area (TPSA) is 0 Å². The first-order chi connectivity index (χ1) is 18.6. The number of rotatable bonds is 6. The molecule has 0 radical (unpaired) electrons. The van der Waals surface area contributed by atoms with Gasteiger partial charge < -0.3 is 0 Å². The second kappa shape index (κ2) is 11.3. The van der Waals surface area contributed by atoms with Crippen LogP contribution in [0.4, 0.5) is 0 Å². The normalized spacial score (nSPS) is 16.6. The van der Waals surface area contributed by atoms with E-state index >= 15 is 0 Å². The average molecular weight is 549 g/mol. The second-order valence-electron chi connectivity index (χ2n) is 14.4. The SMILES string of the molecule is CCc1cc(CC)cc(C2=C([SiH2]c3cc(C)cc(C)c3)C(C)=C(C)C2c2cc(C(C)(C)C)cc(C(C)(C)C)c2)c1. The predicted octanol–water partition coefficient (Wildman–Crippen LogP) is 9.36. The maximum Gasteiger partial charge on any atom is 0.0883 e. The predicted molar refractivity (Wildman–Crippen MR) is 181 cm³/mol. The quantitative estimate of drug-likeness (QED) is 0.269. The number of allylic oxidation sites excluding steroid dienone is 4. The molecular formula is C39H52Si. The molecule has 4 rings (SSSR count). The number of benzene rings is 3. The van der Waals surface area contributed by atoms with Gasteiger partial charge >= 0.3 is 0 Å². The Kier molecular flexibility index (Phi) is 8.58. The molecule has 0 fully saturated rings. The van der Waals surface area contributed by atoms with Crippen LogP contribution in [0.25, 0.3) is 5.57 Å². The first-order valence-corrected chi connectivity index (χ1v) is 16.8. The molecule has 1 atom stereocenters. The third kappa shape index (κ3) is 6.31. The van der Waals surface area contributed by atoms with Crippen molar-refractivity contribution < 1.29 is 0 Å². The Balaban J connectivity index is 2.04. The van der Waals surface area contributed by atoms with Gasteiger partial charge in [0.25, 0.3) is 0 Å². The Morgan fingerprint density at radius 2 is 1.12 bits per heavy atom. The fraction of sp³-hybridized carbons (Fsp3) is 0.436. The maximum absolute atomic E-state index is 2.53. The van der Waals surface area contributed by atoms with Gasteiger partial charge in [-0.15, -0.1) is 0 Å². The fourth-order valence-corrected chi connectivity index (χ4v) is 8.82. The van der Waals surface area contributed by atoms with E-state index < -0.39 is 9.52 Å². The zero-order chi connectivity index (χ0) is 29.6. The Hall–Kier alpha value is -2.64. The Bertz CT molecular complexity index is 1410. The van der Waals surface area contributed by atoms with Gasteiger partial charge in [-0.1, -0.05) is 143 Å². The van der Waals surface area contributed by atoms with E-state index in [2.05, 4.69) is 138 Å². The molecule has 0 bridgehead atoms. The molecule has 1 heteroatoms. The van der Waals surface area contributed by atoms with Gasteiger partial charge in [0.2, 0.25) is 0 Å². The second-order valence-corrected chi connectivity index (χ2v) is 16.3. The summed E-state index contributed by atoms with van der Waals surface area (Å²) in [5.74, 6) is 0.300. The number of hydrogen-bond acceptors (Lipinski definition) is 0. The van der Waals surface area contributed by atoms with Crippen LogP contribution in [-0.4, -0.2) is 9.52 Å². The Labute approximate surface area is 247 Å². The molecule has 1 unspecified atom stereocenters. The first kappa shape index (κ1) is 30.3. The zero-order valence-corrected chi connectivity index (χ0v) is 28.8. The highest BCUT2D eigenvalue weighted by atomic mass is 28.2. The minimum atomic E-state index is -0.674. The van der Waals surface area contributed by atoms with Gasteiger partial charge in [0.05, 0.1) is 9.52 Å². The lowest BCUT2D eigenvalue weighted by molar-refractivity contribution is 0.566. The van der Waals surface area contributed by atoms with Crippen LogP contribution in [0.3, 0.4) is 0 Å². The van der Waals surface area contributed by atoms with E-state index in [-0.39, 0.29) is 10.8 Å². The number of hydrogen-bond donors (Lipinski definition) is 0. The molecule has 0 aliphatic heterocycles. The van der Waals surface area contributed by atoms with Crippen LogP contribution in [0.1, 0.15) is 120 Å². The van der Waals surface area contributed by atoms with Gasteiger partial charge in [-0.3, -0.25) is 0 Å². The van der Waals surface area contributed by atoms with Crippen LogP contribution in [0.2, 0.25) is 0 Å². The van der Waals surface area contributed by atoms with Crippen LogP contribution >= 0.6 is 0 Å². The van der Waals surface area contributed by atoms with Crippen LogP contribution in [0, 0.1) is 13.8 Å². The van der Waals surface area contributed by atoms with Crippen molar-refractivity contribution >= 4 is 20.3 Å². The molecule has 0 saturated heterocycles. The molecule has 0 heterocycles. The molecule has 0 spiro atoms. The van der Waals surface area contributed by atoms with E-state index in [0.29, 0.717) is 5.92 Å². The van der Waals surface area contributed by atoms with Crippen molar-refractivity contribution in [2.45, 2.75) is 113 Å². The van der Waals surface area contributed by atoms with E-state index in [4.69, 9.17) is 0 Å². The van der Waals surface area contributed by atoms with Gasteiger partial charge in [-0.05, 0) is 90.3 Å². The molecule has 0 nitrogen and oxygen atoms in total. The van der Waals surface area contributed by atoms with Gasteiger partial charge in [0, 0.05) is 5.92 Å². The van der Waals surface area contributed by atoms with Crippen molar-refractivity contribution in [2.75, 3.05) is 0 Å². The standard InChI is InChI=1S/C39H52Si/c1-13-28-18-29(14-2)20-30(19-28)36-35(31-21-32(38(7,8)9)23-33(22-31)39(10,11)12)26(5)27(6)37(36)40-34-16-24(3)15-25(4)17-34/h15-23,35H,13-14,40H2,1-12H3. The molecular weight excluding hydrogens is 497 g/mol. The molecule has 212 valence electrons. The molecule has 0 amide bonds. The van der Waals surface area contributed by atoms with Gasteiger partial charge in [-0.2, -0.15) is 0 Å². The number of aryl methyl sites for hydroxylation is 4. The smallest absolute Gasteiger partial charge is 0.0613 e. The molecule has 1 aliphatic carbocycles. The van der Waals surface area contributed by atoms with Crippen molar-refractivity contribution in [1.29, 1.82) is 0 Å². The van der Waals surface area contributed by atoms with Gasteiger partial charge in [-0.25, -0.2) is 0 Å². The van der Waals surface area contributed by atoms with Crippen LogP contribution < -0.4 is 5.19 Å². The first-order valence-electron chi connectivity index (χ1n) is 15.4. The highest BCUT2D eigenvalue weighted by Gasteiger charge is 2.33. The average Bonchev–Trinajstić information content (AvgIpc) is 3.11. The maximum atomic E-state index is 2.53. The summed E-state index contributed by atoms with van der Waals surface area (Å²) < 4.78 is 0. The largest absolute Gasteiger partial charge is 0.0883 e. The van der Waals surface area contributed by atoms with Crippen LogP contribution in [-0.2, 0) is 23.7 Å². The minimum Gasteiger partial charge on any atom is -0.0613 e. The highest BCUT2D eigenvalue weighted by Crippen LogP contribution is 2.49. The Morgan fingerprint density at radius 3 is 1.57 bits per heavy atom. The molecule has 3 aromatic carbocycles. The third-order valence-corrected chi connectivity index (χ3v) is 11.0. The Morgan fingerprint density at radius 1 is 0.625 bits per heavy atom. The van der Waals surface area contributed by atoms with Gasteiger partial charge in [0.15, 0.2) is 0 Å². The van der Waals surface area contributed by atoms with E-state index in [1.54, 1.807) is 16.0 Å². The summed E-state index contributed by atoms with van der Waals surface area (Å²) in [5, 5.41) is 3.21. The van der Waals surface area contributed by atoms with E-state index in [1.807, 2.05) is 0 Å². The van der Waals surface area contributed by atoms with Crippen molar-refractivity contribution in [3.8, 4) is 0 Å². The molecule has 40 heavy (non-hydrogen) atoms. The molecule has 0 aromatic heterocycles. The summed E-state index contributed by atoms with van der Waals surface area (Å²) in [6.45, 7) is 28.0. The monoisotopic (exact) mass is 548 g/mol. The lowest BCUT2D eigenvalue weighted by Crippen LogP contribution is -2.19. The summed E-state index contributed by atoms with van der Waals surface area (Å²) in [7, 11) is -0.674. The van der Waals surface area contributed by atoms with Crippen molar-refractivity contribution in [3.05, 3.63) is 115 Å². The zero-order valence-electron chi connectivity index (χ0n) is 27.4. The molecule has 3 aromatic rings. The van der Waals surface area contributed by atoms with Crippen molar-refractivity contribution in [3.63, 3.8) is 0 Å². The summed E-state index contributed by atoms with van der Waals surface area (Å²) >= 11 is 0. The molecule has 0 N–H and O–H groups in total. The van der Waals surface area contributed by atoms with E-state index in [0.717, 1.165) is 12.8 Å². The third-order valence-electron chi connectivity index (χ3n) is 8.95. The highest BCUT2D eigenvalue weighted by molar-refractivity contribution is 6.64. The summed E-state index contributed by atoms with van der Waals surface area (Å²) in [5.41, 5.74) is 16.3. The van der Waals surface area contributed by atoms with Crippen molar-refractivity contribution in [2.24, 2.45) is 0 Å². The molecule has 1 aliphatic rings. The molecule has 0 saturated carbocycles. The lowest BCUT2D eigenvalue weighted by atomic mass is 9.76. The van der Waals surface area contributed by atoms with Crippen LogP contribution in [0.15, 0.2) is 70.9 Å². The van der Waals surface area contributed by atoms with Crippen LogP contribution in [0.5, 0.6) is 0 Å².